The molecule has 1 aliphatic rings. The van der Waals surface area contributed by atoms with Crippen LogP contribution < -0.4 is 5.32 Å². The molecule has 1 aromatic rings. The van der Waals surface area contributed by atoms with Gasteiger partial charge in [0.15, 0.2) is 0 Å². The van der Waals surface area contributed by atoms with Crippen molar-refractivity contribution >= 4 is 21.6 Å². The molecule has 3 nitrogen and oxygen atoms in total. The summed E-state index contributed by atoms with van der Waals surface area (Å²) in [5, 5.41) is 3.40. The number of rotatable bonds is 4. The van der Waals surface area contributed by atoms with Crippen LogP contribution in [0.25, 0.3) is 0 Å². The van der Waals surface area contributed by atoms with E-state index in [0.717, 1.165) is 35.8 Å². The smallest absolute Gasteiger partial charge is 0.0590 e. The molecule has 2 rings (SSSR count). The second kappa shape index (κ2) is 5.47. The third-order valence-electron chi connectivity index (χ3n) is 2.66. The average Bonchev–Trinajstić information content (AvgIpc) is 2.74. The predicted molar refractivity (Wildman–Crippen MR) is 64.0 cm³/mol. The van der Waals surface area contributed by atoms with Gasteiger partial charge >= 0.3 is 0 Å². The highest BCUT2D eigenvalue weighted by Crippen LogP contribution is 2.21. The second-order valence-electron chi connectivity index (χ2n) is 3.80. The van der Waals surface area contributed by atoms with Crippen molar-refractivity contribution in [1.82, 2.24) is 4.98 Å². The van der Waals surface area contributed by atoms with Gasteiger partial charge in [-0.15, -0.1) is 0 Å². The van der Waals surface area contributed by atoms with Crippen LogP contribution in [-0.2, 0) is 4.74 Å². The molecule has 2 heterocycles. The van der Waals surface area contributed by atoms with Gasteiger partial charge in [0.25, 0.3) is 0 Å². The molecule has 4 heteroatoms. The van der Waals surface area contributed by atoms with Crippen molar-refractivity contribution in [2.45, 2.75) is 12.8 Å². The number of anilines is 1. The van der Waals surface area contributed by atoms with Crippen molar-refractivity contribution < 1.29 is 4.74 Å². The van der Waals surface area contributed by atoms with Crippen LogP contribution in [0.1, 0.15) is 12.8 Å². The number of halogens is 1. The van der Waals surface area contributed by atoms with Gasteiger partial charge in [0.1, 0.15) is 0 Å². The Bertz CT molecular complexity index is 313. The molecule has 1 atom stereocenters. The van der Waals surface area contributed by atoms with E-state index in [1.165, 1.54) is 12.8 Å². The van der Waals surface area contributed by atoms with Gasteiger partial charge in [0.05, 0.1) is 10.2 Å². The number of nitrogens with one attached hydrogen (secondary N) is 1. The van der Waals surface area contributed by atoms with Gasteiger partial charge < -0.3 is 10.1 Å². The molecular formula is C11H15BrN2O. The predicted octanol–water partition coefficient (Wildman–Crippen LogP) is 2.68. The summed E-state index contributed by atoms with van der Waals surface area (Å²) < 4.78 is 6.36. The minimum Gasteiger partial charge on any atom is -0.384 e. The fourth-order valence-corrected chi connectivity index (χ4v) is 2.13. The standard InChI is InChI=1S/C11H15BrN2O/c12-10-7-13-4-2-11(10)14-5-1-9-3-6-15-8-9/h2,4,7,9H,1,3,5-6,8H2,(H,13,14). The van der Waals surface area contributed by atoms with Gasteiger partial charge in [0.2, 0.25) is 0 Å². The Kier molecular flexibility index (Phi) is 3.97. The van der Waals surface area contributed by atoms with E-state index in [9.17, 15) is 0 Å². The maximum atomic E-state index is 5.34. The SMILES string of the molecule is Brc1cnccc1NCCC1CCOC1. The number of aromatic nitrogens is 1. The van der Waals surface area contributed by atoms with E-state index in [0.29, 0.717) is 0 Å². The number of ether oxygens (including phenoxy) is 1. The van der Waals surface area contributed by atoms with Gasteiger partial charge in [-0.1, -0.05) is 0 Å². The third kappa shape index (κ3) is 3.18. The molecule has 15 heavy (non-hydrogen) atoms. The highest BCUT2D eigenvalue weighted by molar-refractivity contribution is 9.10. The first-order chi connectivity index (χ1) is 7.36. The number of hydrogen-bond acceptors (Lipinski definition) is 3. The van der Waals surface area contributed by atoms with Gasteiger partial charge in [-0.2, -0.15) is 0 Å². The summed E-state index contributed by atoms with van der Waals surface area (Å²) in [6.45, 7) is 2.86. The molecule has 0 bridgehead atoms. The van der Waals surface area contributed by atoms with Crippen LogP contribution in [0.2, 0.25) is 0 Å². The zero-order valence-electron chi connectivity index (χ0n) is 8.58. The monoisotopic (exact) mass is 270 g/mol. The van der Waals surface area contributed by atoms with Gasteiger partial charge in [-0.05, 0) is 40.8 Å². The van der Waals surface area contributed by atoms with E-state index >= 15 is 0 Å². The van der Waals surface area contributed by atoms with Crippen LogP contribution in [0.5, 0.6) is 0 Å². The Morgan fingerprint density at radius 2 is 2.53 bits per heavy atom. The quantitative estimate of drug-likeness (QED) is 0.914. The lowest BCUT2D eigenvalue weighted by molar-refractivity contribution is 0.185. The summed E-state index contributed by atoms with van der Waals surface area (Å²) in [6.07, 6.45) is 5.99. The number of hydrogen-bond donors (Lipinski definition) is 1. The van der Waals surface area contributed by atoms with Gasteiger partial charge in [0, 0.05) is 32.2 Å². The lowest BCUT2D eigenvalue weighted by atomic mass is 10.1. The van der Waals surface area contributed by atoms with Crippen LogP contribution >= 0.6 is 15.9 Å². The van der Waals surface area contributed by atoms with E-state index in [2.05, 4.69) is 26.2 Å². The van der Waals surface area contributed by atoms with Crippen molar-refractivity contribution in [3.05, 3.63) is 22.9 Å². The Morgan fingerprint density at radius 1 is 1.60 bits per heavy atom. The summed E-state index contributed by atoms with van der Waals surface area (Å²) in [6, 6.07) is 1.98. The van der Waals surface area contributed by atoms with Crippen molar-refractivity contribution in [3.63, 3.8) is 0 Å². The zero-order valence-corrected chi connectivity index (χ0v) is 10.2. The molecule has 1 aliphatic heterocycles. The van der Waals surface area contributed by atoms with Crippen LogP contribution in [0.15, 0.2) is 22.9 Å². The lowest BCUT2D eigenvalue weighted by Crippen LogP contribution is -2.09. The maximum Gasteiger partial charge on any atom is 0.0590 e. The highest BCUT2D eigenvalue weighted by atomic mass is 79.9. The van der Waals surface area contributed by atoms with Crippen LogP contribution in [0.3, 0.4) is 0 Å². The summed E-state index contributed by atoms with van der Waals surface area (Å²) in [5.41, 5.74) is 1.11. The molecule has 1 saturated heterocycles. The molecule has 1 N–H and O–H groups in total. The lowest BCUT2D eigenvalue weighted by Gasteiger charge is -2.10. The minimum atomic E-state index is 0.734. The van der Waals surface area contributed by atoms with E-state index < -0.39 is 0 Å². The molecule has 0 spiro atoms. The Hall–Kier alpha value is -0.610. The summed E-state index contributed by atoms with van der Waals surface area (Å²) in [4.78, 5) is 4.02. The largest absolute Gasteiger partial charge is 0.384 e. The van der Waals surface area contributed by atoms with Gasteiger partial charge in [-0.25, -0.2) is 0 Å². The molecule has 0 amide bonds. The number of pyridine rings is 1. The Morgan fingerprint density at radius 3 is 3.27 bits per heavy atom. The van der Waals surface area contributed by atoms with Crippen LogP contribution in [0.4, 0.5) is 5.69 Å². The van der Waals surface area contributed by atoms with Crippen molar-refractivity contribution in [2.24, 2.45) is 5.92 Å². The maximum absolute atomic E-state index is 5.34. The molecule has 1 fully saturated rings. The highest BCUT2D eigenvalue weighted by Gasteiger charge is 2.14. The summed E-state index contributed by atoms with van der Waals surface area (Å²) >= 11 is 3.46. The zero-order chi connectivity index (χ0) is 10.5. The van der Waals surface area contributed by atoms with Crippen molar-refractivity contribution in [1.29, 1.82) is 0 Å². The number of nitrogens with zero attached hydrogens (tertiary/aromatic N) is 1. The molecule has 0 aliphatic carbocycles. The molecule has 1 unspecified atom stereocenters. The average molecular weight is 271 g/mol. The molecule has 1 aromatic heterocycles. The summed E-state index contributed by atoms with van der Waals surface area (Å²) in [7, 11) is 0. The van der Waals surface area contributed by atoms with Crippen molar-refractivity contribution in [2.75, 3.05) is 25.1 Å². The Balaban J connectivity index is 1.75. The first-order valence-corrected chi connectivity index (χ1v) is 6.06. The first-order valence-electron chi connectivity index (χ1n) is 5.27. The fourth-order valence-electron chi connectivity index (χ4n) is 1.74. The van der Waals surface area contributed by atoms with Crippen LogP contribution in [0, 0.1) is 5.92 Å². The third-order valence-corrected chi connectivity index (χ3v) is 3.30. The first kappa shape index (κ1) is 10.9. The topological polar surface area (TPSA) is 34.2 Å². The molecule has 0 radical (unpaired) electrons. The fraction of sp³-hybridized carbons (Fsp3) is 0.545. The molecule has 0 aromatic carbocycles. The van der Waals surface area contributed by atoms with Gasteiger partial charge in [-0.3, -0.25) is 4.98 Å². The van der Waals surface area contributed by atoms with E-state index in [-0.39, 0.29) is 0 Å². The molecular weight excluding hydrogens is 256 g/mol. The molecule has 0 saturated carbocycles. The van der Waals surface area contributed by atoms with Crippen molar-refractivity contribution in [3.8, 4) is 0 Å². The van der Waals surface area contributed by atoms with E-state index in [1.54, 1.807) is 12.4 Å². The summed E-state index contributed by atoms with van der Waals surface area (Å²) in [5.74, 6) is 0.734. The van der Waals surface area contributed by atoms with E-state index in [4.69, 9.17) is 4.74 Å². The Labute approximate surface area is 98.4 Å². The molecule has 82 valence electrons. The second-order valence-corrected chi connectivity index (χ2v) is 4.65. The van der Waals surface area contributed by atoms with Crippen LogP contribution in [-0.4, -0.2) is 24.7 Å². The normalized spacial score (nSPS) is 20.5. The van der Waals surface area contributed by atoms with E-state index in [1.807, 2.05) is 6.07 Å². The minimum absolute atomic E-state index is 0.734.